The summed E-state index contributed by atoms with van der Waals surface area (Å²) in [6.45, 7) is 3.06. The highest BCUT2D eigenvalue weighted by molar-refractivity contribution is 9.10. The molecule has 0 fully saturated rings. The zero-order chi connectivity index (χ0) is 13.1. The van der Waals surface area contributed by atoms with Gasteiger partial charge in [0, 0.05) is 21.6 Å². The number of nitrogen functional groups attached to an aromatic ring is 1. The fraction of sp³-hybridized carbons (Fsp3) is 0.308. The van der Waals surface area contributed by atoms with Crippen molar-refractivity contribution in [3.05, 3.63) is 34.0 Å². The number of halogens is 2. The van der Waals surface area contributed by atoms with E-state index in [2.05, 4.69) is 27.8 Å². The second-order valence-electron chi connectivity index (χ2n) is 4.15. The number of nitrogens with two attached hydrogens (primary N) is 1. The van der Waals surface area contributed by atoms with Crippen molar-refractivity contribution in [3.63, 3.8) is 0 Å². The third kappa shape index (κ3) is 2.70. The van der Waals surface area contributed by atoms with Crippen LogP contribution in [0.3, 0.4) is 0 Å². The molecule has 0 radical (unpaired) electrons. The molecule has 0 aliphatic rings. The van der Waals surface area contributed by atoms with Crippen molar-refractivity contribution < 1.29 is 0 Å². The highest BCUT2D eigenvalue weighted by atomic mass is 79.9. The van der Waals surface area contributed by atoms with Crippen LogP contribution in [-0.2, 0) is 6.54 Å². The molecular weight excluding hydrogens is 314 g/mol. The van der Waals surface area contributed by atoms with E-state index in [4.69, 9.17) is 17.3 Å². The SMILES string of the molecule is CCCCn1cnc(-c2ccc(Cl)cc2Br)c1N. The van der Waals surface area contributed by atoms with Crippen molar-refractivity contribution in [1.82, 2.24) is 9.55 Å². The van der Waals surface area contributed by atoms with Gasteiger partial charge < -0.3 is 10.3 Å². The number of imidazole rings is 1. The predicted octanol–water partition coefficient (Wildman–Crippen LogP) is 4.35. The smallest absolute Gasteiger partial charge is 0.131 e. The highest BCUT2D eigenvalue weighted by Crippen LogP contribution is 2.32. The third-order valence-corrected chi connectivity index (χ3v) is 3.71. The molecule has 0 saturated heterocycles. The van der Waals surface area contributed by atoms with Crippen LogP contribution in [0.15, 0.2) is 29.0 Å². The molecular formula is C13H15BrClN3. The van der Waals surface area contributed by atoms with Crippen LogP contribution in [-0.4, -0.2) is 9.55 Å². The Hall–Kier alpha value is -1.00. The summed E-state index contributed by atoms with van der Waals surface area (Å²) in [4.78, 5) is 4.39. The maximum Gasteiger partial charge on any atom is 0.131 e. The molecule has 18 heavy (non-hydrogen) atoms. The molecule has 0 unspecified atom stereocenters. The molecule has 1 heterocycles. The van der Waals surface area contributed by atoms with Crippen LogP contribution >= 0.6 is 27.5 Å². The van der Waals surface area contributed by atoms with Crippen LogP contribution in [0.1, 0.15) is 19.8 Å². The number of aromatic nitrogens is 2. The van der Waals surface area contributed by atoms with E-state index in [0.717, 1.165) is 35.1 Å². The van der Waals surface area contributed by atoms with E-state index in [1.54, 1.807) is 6.33 Å². The summed E-state index contributed by atoms with van der Waals surface area (Å²) in [5.41, 5.74) is 7.90. The third-order valence-electron chi connectivity index (χ3n) is 2.82. The van der Waals surface area contributed by atoms with E-state index in [1.807, 2.05) is 22.8 Å². The summed E-state index contributed by atoms with van der Waals surface area (Å²) in [5, 5.41) is 0.689. The van der Waals surface area contributed by atoms with E-state index in [1.165, 1.54) is 0 Å². The molecule has 2 N–H and O–H groups in total. The maximum absolute atomic E-state index is 6.13. The van der Waals surface area contributed by atoms with Gasteiger partial charge in [0.2, 0.25) is 0 Å². The first-order chi connectivity index (χ1) is 8.63. The number of aryl methyl sites for hydroxylation is 1. The second kappa shape index (κ2) is 5.76. The molecule has 1 aromatic heterocycles. The molecule has 0 saturated carbocycles. The Morgan fingerprint density at radius 2 is 2.22 bits per heavy atom. The molecule has 96 valence electrons. The van der Waals surface area contributed by atoms with Crippen molar-refractivity contribution >= 4 is 33.3 Å². The molecule has 2 aromatic rings. The molecule has 5 heteroatoms. The summed E-state index contributed by atoms with van der Waals surface area (Å²) in [5.74, 6) is 0.700. The Morgan fingerprint density at radius 3 is 2.89 bits per heavy atom. The number of hydrogen-bond donors (Lipinski definition) is 1. The van der Waals surface area contributed by atoms with Crippen LogP contribution < -0.4 is 5.73 Å². The Bertz CT molecular complexity index is 551. The van der Waals surface area contributed by atoms with Crippen LogP contribution in [0.2, 0.25) is 5.02 Å². The van der Waals surface area contributed by atoms with Gasteiger partial charge in [0.25, 0.3) is 0 Å². The lowest BCUT2D eigenvalue weighted by atomic mass is 10.1. The van der Waals surface area contributed by atoms with Gasteiger partial charge in [-0.05, 0) is 18.6 Å². The number of rotatable bonds is 4. The number of hydrogen-bond acceptors (Lipinski definition) is 2. The molecule has 0 amide bonds. The Kier molecular flexibility index (Phi) is 4.30. The van der Waals surface area contributed by atoms with Gasteiger partial charge in [-0.2, -0.15) is 0 Å². The van der Waals surface area contributed by atoms with Crippen molar-refractivity contribution in [2.24, 2.45) is 0 Å². The molecule has 0 aliphatic heterocycles. The Labute approximate surface area is 120 Å². The standard InChI is InChI=1S/C13H15BrClN3/c1-2-3-6-18-8-17-12(13(18)16)10-5-4-9(15)7-11(10)14/h4-5,7-8H,2-3,6,16H2,1H3. The van der Waals surface area contributed by atoms with Crippen LogP contribution in [0.4, 0.5) is 5.82 Å². The van der Waals surface area contributed by atoms with Gasteiger partial charge in [0.15, 0.2) is 0 Å². The summed E-state index contributed by atoms with van der Waals surface area (Å²) in [6, 6.07) is 5.61. The molecule has 1 aromatic carbocycles. The predicted molar refractivity (Wildman–Crippen MR) is 79.7 cm³/mol. The zero-order valence-electron chi connectivity index (χ0n) is 10.2. The van der Waals surface area contributed by atoms with Crippen molar-refractivity contribution in [3.8, 4) is 11.3 Å². The van der Waals surface area contributed by atoms with E-state index < -0.39 is 0 Å². The van der Waals surface area contributed by atoms with Gasteiger partial charge in [0.05, 0.1) is 6.33 Å². The quantitative estimate of drug-likeness (QED) is 0.907. The zero-order valence-corrected chi connectivity index (χ0v) is 12.5. The molecule has 0 atom stereocenters. The van der Waals surface area contributed by atoms with Gasteiger partial charge in [0.1, 0.15) is 11.5 Å². The minimum atomic E-state index is 0.689. The van der Waals surface area contributed by atoms with Gasteiger partial charge in [-0.3, -0.25) is 0 Å². The van der Waals surface area contributed by atoms with E-state index in [-0.39, 0.29) is 0 Å². The van der Waals surface area contributed by atoms with Crippen molar-refractivity contribution in [1.29, 1.82) is 0 Å². The normalized spacial score (nSPS) is 10.8. The number of anilines is 1. The first-order valence-corrected chi connectivity index (χ1v) is 7.06. The van der Waals surface area contributed by atoms with Crippen LogP contribution in [0.25, 0.3) is 11.3 Å². The van der Waals surface area contributed by atoms with E-state index in [0.29, 0.717) is 10.8 Å². The minimum Gasteiger partial charge on any atom is -0.383 e. The molecule has 0 bridgehead atoms. The van der Waals surface area contributed by atoms with Crippen molar-refractivity contribution in [2.45, 2.75) is 26.3 Å². The fourth-order valence-electron chi connectivity index (χ4n) is 1.79. The topological polar surface area (TPSA) is 43.8 Å². The monoisotopic (exact) mass is 327 g/mol. The van der Waals surface area contributed by atoms with E-state index in [9.17, 15) is 0 Å². The second-order valence-corrected chi connectivity index (χ2v) is 5.44. The van der Waals surface area contributed by atoms with Gasteiger partial charge in [-0.25, -0.2) is 4.98 Å². The molecule has 0 aliphatic carbocycles. The average Bonchev–Trinajstić information content (AvgIpc) is 2.68. The molecule has 2 rings (SSSR count). The Morgan fingerprint density at radius 1 is 1.44 bits per heavy atom. The van der Waals surface area contributed by atoms with Gasteiger partial charge in [-0.15, -0.1) is 0 Å². The minimum absolute atomic E-state index is 0.689. The van der Waals surface area contributed by atoms with Crippen LogP contribution in [0, 0.1) is 0 Å². The lowest BCUT2D eigenvalue weighted by Crippen LogP contribution is -2.02. The number of unbranched alkanes of at least 4 members (excludes halogenated alkanes) is 1. The lowest BCUT2D eigenvalue weighted by molar-refractivity contribution is 0.637. The molecule has 3 nitrogen and oxygen atoms in total. The largest absolute Gasteiger partial charge is 0.383 e. The number of nitrogens with zero attached hydrogens (tertiary/aromatic N) is 2. The first-order valence-electron chi connectivity index (χ1n) is 5.89. The molecule has 0 spiro atoms. The summed E-state index contributed by atoms with van der Waals surface area (Å²) < 4.78 is 2.89. The lowest BCUT2D eigenvalue weighted by Gasteiger charge is -2.06. The van der Waals surface area contributed by atoms with Crippen molar-refractivity contribution in [2.75, 3.05) is 5.73 Å². The van der Waals surface area contributed by atoms with Crippen LogP contribution in [0.5, 0.6) is 0 Å². The summed E-state index contributed by atoms with van der Waals surface area (Å²) in [7, 11) is 0. The van der Waals surface area contributed by atoms with Gasteiger partial charge in [-0.1, -0.05) is 46.9 Å². The first kappa shape index (κ1) is 13.4. The maximum atomic E-state index is 6.13. The number of benzene rings is 1. The van der Waals surface area contributed by atoms with E-state index >= 15 is 0 Å². The Balaban J connectivity index is 2.36. The fourth-order valence-corrected chi connectivity index (χ4v) is 2.66. The van der Waals surface area contributed by atoms with Gasteiger partial charge >= 0.3 is 0 Å². The summed E-state index contributed by atoms with van der Waals surface area (Å²) in [6.07, 6.45) is 4.03. The summed E-state index contributed by atoms with van der Waals surface area (Å²) >= 11 is 9.42. The highest BCUT2D eigenvalue weighted by Gasteiger charge is 2.12. The average molecular weight is 329 g/mol.